The van der Waals surface area contributed by atoms with Crippen molar-refractivity contribution in [2.75, 3.05) is 5.32 Å². The number of para-hydroxylation sites is 2. The molecule has 4 heteroatoms. The fourth-order valence-electron chi connectivity index (χ4n) is 3.13. The van der Waals surface area contributed by atoms with Gasteiger partial charge in [0.2, 0.25) is 5.91 Å². The van der Waals surface area contributed by atoms with Crippen molar-refractivity contribution in [3.63, 3.8) is 0 Å². The summed E-state index contributed by atoms with van der Waals surface area (Å²) in [6.45, 7) is 3.53. The molecule has 0 aliphatic carbocycles. The van der Waals surface area contributed by atoms with E-state index in [2.05, 4.69) is 15.8 Å². The lowest BCUT2D eigenvalue weighted by atomic mass is 10.1. The van der Waals surface area contributed by atoms with E-state index in [0.717, 1.165) is 38.8 Å². The van der Waals surface area contributed by atoms with Gasteiger partial charge in [0.05, 0.1) is 22.2 Å². The van der Waals surface area contributed by atoms with Crippen molar-refractivity contribution in [3.8, 4) is 0 Å². The van der Waals surface area contributed by atoms with Crippen LogP contribution in [-0.2, 0) is 4.79 Å². The van der Waals surface area contributed by atoms with Crippen LogP contribution in [0.3, 0.4) is 0 Å². The van der Waals surface area contributed by atoms with Gasteiger partial charge in [-0.1, -0.05) is 36.4 Å². The summed E-state index contributed by atoms with van der Waals surface area (Å²) in [5.74, 6) is 0.832. The fourth-order valence-corrected chi connectivity index (χ4v) is 3.13. The van der Waals surface area contributed by atoms with Gasteiger partial charge in [0.25, 0.3) is 0 Å². The summed E-state index contributed by atoms with van der Waals surface area (Å²) in [4.78, 5) is 16.4. The van der Waals surface area contributed by atoms with Gasteiger partial charge in [0, 0.05) is 17.7 Å². The van der Waals surface area contributed by atoms with Gasteiger partial charge in [0.15, 0.2) is 0 Å². The van der Waals surface area contributed by atoms with Crippen LogP contribution in [0.25, 0.3) is 27.3 Å². The third-order valence-electron chi connectivity index (χ3n) is 3.94. The zero-order valence-corrected chi connectivity index (χ0v) is 12.4. The van der Waals surface area contributed by atoms with Crippen LogP contribution in [0.1, 0.15) is 12.7 Å². The largest absolute Gasteiger partial charge is 0.324 e. The van der Waals surface area contributed by atoms with E-state index in [1.165, 1.54) is 6.92 Å². The molecule has 0 saturated carbocycles. The van der Waals surface area contributed by atoms with Crippen LogP contribution in [0.15, 0.2) is 48.5 Å². The minimum atomic E-state index is -0.0724. The Balaban J connectivity index is 2.32. The minimum Gasteiger partial charge on any atom is -0.324 e. The van der Waals surface area contributed by atoms with Crippen molar-refractivity contribution in [1.82, 2.24) is 9.38 Å². The quantitative estimate of drug-likeness (QED) is 0.577. The molecule has 0 aliphatic rings. The highest BCUT2D eigenvalue weighted by atomic mass is 16.1. The number of anilines is 1. The second-order valence-corrected chi connectivity index (χ2v) is 5.43. The highest BCUT2D eigenvalue weighted by Gasteiger charge is 2.17. The lowest BCUT2D eigenvalue weighted by Crippen LogP contribution is -2.06. The lowest BCUT2D eigenvalue weighted by molar-refractivity contribution is -0.114. The van der Waals surface area contributed by atoms with Gasteiger partial charge in [-0.3, -0.25) is 9.20 Å². The van der Waals surface area contributed by atoms with Crippen LogP contribution in [0.2, 0.25) is 0 Å². The molecule has 2 aromatic heterocycles. The molecule has 0 unspecified atom stereocenters. The van der Waals surface area contributed by atoms with E-state index in [0.29, 0.717) is 0 Å². The highest BCUT2D eigenvalue weighted by molar-refractivity contribution is 6.16. The van der Waals surface area contributed by atoms with Gasteiger partial charge in [-0.25, -0.2) is 4.98 Å². The summed E-state index contributed by atoms with van der Waals surface area (Å²) in [6.07, 6.45) is 0. The van der Waals surface area contributed by atoms with Gasteiger partial charge < -0.3 is 5.32 Å². The monoisotopic (exact) mass is 289 g/mol. The summed E-state index contributed by atoms with van der Waals surface area (Å²) in [5.41, 5.74) is 3.84. The number of amides is 1. The molecule has 4 nitrogen and oxygen atoms in total. The van der Waals surface area contributed by atoms with Crippen LogP contribution in [0.4, 0.5) is 5.69 Å². The SMILES string of the molecule is CC(=O)Nc1c2ccccc2n2c(C)nc3ccccc3c12. The summed E-state index contributed by atoms with van der Waals surface area (Å²) in [6, 6.07) is 16.1. The molecule has 4 rings (SSSR count). The lowest BCUT2D eigenvalue weighted by Gasteiger charge is -2.08. The Bertz CT molecular complexity index is 1050. The van der Waals surface area contributed by atoms with Crippen LogP contribution < -0.4 is 5.32 Å². The fraction of sp³-hybridized carbons (Fsp3) is 0.111. The average Bonchev–Trinajstić information content (AvgIpc) is 2.83. The van der Waals surface area contributed by atoms with E-state index in [9.17, 15) is 4.79 Å². The van der Waals surface area contributed by atoms with E-state index in [1.54, 1.807) is 0 Å². The number of hydrogen-bond donors (Lipinski definition) is 1. The first-order valence-corrected chi connectivity index (χ1v) is 7.23. The maximum absolute atomic E-state index is 11.7. The van der Waals surface area contributed by atoms with Crippen LogP contribution in [0, 0.1) is 6.92 Å². The normalized spacial score (nSPS) is 11.4. The maximum Gasteiger partial charge on any atom is 0.221 e. The minimum absolute atomic E-state index is 0.0724. The van der Waals surface area contributed by atoms with Gasteiger partial charge in [-0.05, 0) is 19.1 Å². The molecule has 0 atom stereocenters. The van der Waals surface area contributed by atoms with E-state index < -0.39 is 0 Å². The third-order valence-corrected chi connectivity index (χ3v) is 3.94. The van der Waals surface area contributed by atoms with Crippen molar-refractivity contribution < 1.29 is 4.79 Å². The van der Waals surface area contributed by atoms with Gasteiger partial charge in [-0.15, -0.1) is 0 Å². The van der Waals surface area contributed by atoms with Crippen molar-refractivity contribution in [3.05, 3.63) is 54.4 Å². The van der Waals surface area contributed by atoms with E-state index in [1.807, 2.05) is 49.4 Å². The Morgan fingerprint density at radius 2 is 1.73 bits per heavy atom. The number of rotatable bonds is 1. The number of nitrogens with one attached hydrogen (secondary N) is 1. The predicted molar refractivity (Wildman–Crippen MR) is 89.2 cm³/mol. The Morgan fingerprint density at radius 3 is 2.50 bits per heavy atom. The van der Waals surface area contributed by atoms with E-state index in [4.69, 9.17) is 4.98 Å². The smallest absolute Gasteiger partial charge is 0.221 e. The molecular formula is C18H15N3O. The molecule has 0 bridgehead atoms. The summed E-state index contributed by atoms with van der Waals surface area (Å²) in [5, 5.41) is 5.06. The van der Waals surface area contributed by atoms with Crippen LogP contribution in [-0.4, -0.2) is 15.3 Å². The van der Waals surface area contributed by atoms with Crippen LogP contribution >= 0.6 is 0 Å². The molecule has 0 spiro atoms. The van der Waals surface area contributed by atoms with E-state index >= 15 is 0 Å². The Labute approximate surface area is 127 Å². The van der Waals surface area contributed by atoms with Crippen LogP contribution in [0.5, 0.6) is 0 Å². The Morgan fingerprint density at radius 1 is 1.05 bits per heavy atom. The number of nitrogens with zero attached hydrogens (tertiary/aromatic N) is 2. The second kappa shape index (κ2) is 4.56. The number of fused-ring (bicyclic) bond motifs is 5. The average molecular weight is 289 g/mol. The zero-order chi connectivity index (χ0) is 15.3. The molecule has 1 amide bonds. The highest BCUT2D eigenvalue weighted by Crippen LogP contribution is 2.36. The molecule has 22 heavy (non-hydrogen) atoms. The predicted octanol–water partition coefficient (Wildman–Crippen LogP) is 3.91. The number of benzene rings is 2. The standard InChI is InChI=1S/C18H15N3O/c1-11-19-15-9-5-3-7-13(15)18-17(20-12(2)22)14-8-4-6-10-16(14)21(11)18/h3-10H,1-2H3,(H,20,22). The van der Waals surface area contributed by atoms with E-state index in [-0.39, 0.29) is 5.91 Å². The molecule has 2 aromatic carbocycles. The number of aryl methyl sites for hydroxylation is 1. The first-order chi connectivity index (χ1) is 10.7. The van der Waals surface area contributed by atoms with Crippen molar-refractivity contribution >= 4 is 38.9 Å². The molecule has 4 aromatic rings. The number of carbonyl (C=O) groups excluding carboxylic acids is 1. The van der Waals surface area contributed by atoms with Crippen molar-refractivity contribution in [1.29, 1.82) is 0 Å². The number of carbonyl (C=O) groups is 1. The third kappa shape index (κ3) is 1.70. The summed E-state index contributed by atoms with van der Waals surface area (Å²) < 4.78 is 2.11. The number of hydrogen-bond acceptors (Lipinski definition) is 2. The Hall–Kier alpha value is -2.88. The van der Waals surface area contributed by atoms with Gasteiger partial charge in [0.1, 0.15) is 5.82 Å². The van der Waals surface area contributed by atoms with Crippen molar-refractivity contribution in [2.45, 2.75) is 13.8 Å². The molecule has 0 fully saturated rings. The topological polar surface area (TPSA) is 46.4 Å². The molecule has 0 aliphatic heterocycles. The Kier molecular flexibility index (Phi) is 2.66. The molecular weight excluding hydrogens is 274 g/mol. The molecule has 0 saturated heterocycles. The van der Waals surface area contributed by atoms with Crippen molar-refractivity contribution in [2.24, 2.45) is 0 Å². The number of aromatic nitrogens is 2. The summed E-state index contributed by atoms with van der Waals surface area (Å²) >= 11 is 0. The summed E-state index contributed by atoms with van der Waals surface area (Å²) in [7, 11) is 0. The molecule has 0 radical (unpaired) electrons. The van der Waals surface area contributed by atoms with Gasteiger partial charge in [-0.2, -0.15) is 0 Å². The zero-order valence-electron chi connectivity index (χ0n) is 12.4. The maximum atomic E-state index is 11.7. The first kappa shape index (κ1) is 12.8. The molecule has 1 N–H and O–H groups in total. The second-order valence-electron chi connectivity index (χ2n) is 5.43. The van der Waals surface area contributed by atoms with Gasteiger partial charge >= 0.3 is 0 Å². The molecule has 2 heterocycles. The molecule has 108 valence electrons. The first-order valence-electron chi connectivity index (χ1n) is 7.23.